The average molecular weight is 165 g/mol. The first-order valence-electron chi connectivity index (χ1n) is 4.68. The first kappa shape index (κ1) is 7.65. The molecule has 0 bridgehead atoms. The summed E-state index contributed by atoms with van der Waals surface area (Å²) in [6.07, 6.45) is 7.38. The smallest absolute Gasteiger partial charge is 0.121 e. The molecule has 1 aromatic heterocycles. The van der Waals surface area contributed by atoms with Crippen molar-refractivity contribution in [1.82, 2.24) is 10.2 Å². The van der Waals surface area contributed by atoms with Crippen molar-refractivity contribution in [2.24, 2.45) is 5.92 Å². The summed E-state index contributed by atoms with van der Waals surface area (Å²) >= 11 is 0. The highest BCUT2D eigenvalue weighted by Crippen LogP contribution is 2.24. The Morgan fingerprint density at radius 1 is 1.50 bits per heavy atom. The summed E-state index contributed by atoms with van der Waals surface area (Å²) in [5, 5.41) is 10.1. The quantitative estimate of drug-likeness (QED) is 0.719. The van der Waals surface area contributed by atoms with E-state index in [1.165, 1.54) is 25.7 Å². The lowest BCUT2D eigenvalue weighted by Gasteiger charge is -2.09. The van der Waals surface area contributed by atoms with Crippen LogP contribution in [0.2, 0.25) is 0 Å². The fraction of sp³-hybridized carbons (Fsp3) is 0.667. The monoisotopic (exact) mass is 165 g/mol. The largest absolute Gasteiger partial charge is 0.370 e. The van der Waals surface area contributed by atoms with Gasteiger partial charge < -0.3 is 5.32 Å². The van der Waals surface area contributed by atoms with Crippen LogP contribution in [0.25, 0.3) is 0 Å². The van der Waals surface area contributed by atoms with Crippen LogP contribution in [0.3, 0.4) is 0 Å². The number of hydrogen-bond acceptors (Lipinski definition) is 2. The molecule has 2 N–H and O–H groups in total. The van der Waals surface area contributed by atoms with Gasteiger partial charge in [-0.05, 0) is 24.8 Å². The number of rotatable bonds is 3. The van der Waals surface area contributed by atoms with Gasteiger partial charge in [0, 0.05) is 6.54 Å². The van der Waals surface area contributed by atoms with Crippen LogP contribution in [0.4, 0.5) is 5.82 Å². The highest BCUT2D eigenvalue weighted by molar-refractivity contribution is 5.31. The Kier molecular flexibility index (Phi) is 2.30. The molecule has 1 aromatic rings. The highest BCUT2D eigenvalue weighted by atomic mass is 15.2. The molecule has 0 aromatic carbocycles. The summed E-state index contributed by atoms with van der Waals surface area (Å²) in [6.45, 7) is 1.10. The van der Waals surface area contributed by atoms with Gasteiger partial charge in [-0.2, -0.15) is 5.10 Å². The highest BCUT2D eigenvalue weighted by Gasteiger charge is 2.14. The predicted octanol–water partition coefficient (Wildman–Crippen LogP) is 2.01. The van der Waals surface area contributed by atoms with E-state index in [0.717, 1.165) is 18.3 Å². The van der Waals surface area contributed by atoms with Crippen molar-refractivity contribution in [3.63, 3.8) is 0 Å². The van der Waals surface area contributed by atoms with E-state index in [4.69, 9.17) is 0 Å². The Hall–Kier alpha value is -0.990. The van der Waals surface area contributed by atoms with Crippen molar-refractivity contribution >= 4 is 5.82 Å². The maximum atomic E-state index is 3.88. The third-order valence-electron chi connectivity index (χ3n) is 2.56. The van der Waals surface area contributed by atoms with Crippen molar-refractivity contribution < 1.29 is 0 Å². The Labute approximate surface area is 72.6 Å². The molecule has 0 radical (unpaired) electrons. The molecule has 3 heteroatoms. The lowest BCUT2D eigenvalue weighted by Crippen LogP contribution is -2.10. The third-order valence-corrected chi connectivity index (χ3v) is 2.56. The molecule has 0 unspecified atom stereocenters. The summed E-state index contributed by atoms with van der Waals surface area (Å²) in [7, 11) is 0. The molecule has 12 heavy (non-hydrogen) atoms. The fourth-order valence-electron chi connectivity index (χ4n) is 1.82. The molecule has 0 amide bonds. The van der Waals surface area contributed by atoms with Gasteiger partial charge in [0.1, 0.15) is 5.82 Å². The molecule has 0 saturated heterocycles. The SMILES string of the molecule is c1cc(NCC2CCCC2)[nH]n1. The van der Waals surface area contributed by atoms with Gasteiger partial charge >= 0.3 is 0 Å². The van der Waals surface area contributed by atoms with Crippen LogP contribution in [0.1, 0.15) is 25.7 Å². The van der Waals surface area contributed by atoms with Gasteiger partial charge in [0.25, 0.3) is 0 Å². The average Bonchev–Trinajstić information content (AvgIpc) is 2.74. The van der Waals surface area contributed by atoms with Gasteiger partial charge in [0.15, 0.2) is 0 Å². The maximum absolute atomic E-state index is 3.88. The van der Waals surface area contributed by atoms with Crippen molar-refractivity contribution in [2.45, 2.75) is 25.7 Å². The van der Waals surface area contributed by atoms with Gasteiger partial charge in [-0.15, -0.1) is 0 Å². The van der Waals surface area contributed by atoms with E-state index in [1.54, 1.807) is 6.20 Å². The molecule has 1 fully saturated rings. The lowest BCUT2D eigenvalue weighted by atomic mass is 10.1. The minimum Gasteiger partial charge on any atom is -0.370 e. The standard InChI is InChI=1S/C9H15N3/c1-2-4-8(3-1)7-10-9-5-6-11-12-9/h5-6,8H,1-4,7H2,(H2,10,11,12). The summed E-state index contributed by atoms with van der Waals surface area (Å²) in [6, 6.07) is 1.97. The molecule has 0 atom stereocenters. The van der Waals surface area contributed by atoms with Crippen molar-refractivity contribution in [3.05, 3.63) is 12.3 Å². The van der Waals surface area contributed by atoms with Gasteiger partial charge in [0.2, 0.25) is 0 Å². The van der Waals surface area contributed by atoms with Crippen molar-refractivity contribution in [2.75, 3.05) is 11.9 Å². The molecule has 1 aliphatic rings. The first-order valence-corrected chi connectivity index (χ1v) is 4.68. The summed E-state index contributed by atoms with van der Waals surface area (Å²) in [5.41, 5.74) is 0. The van der Waals surface area contributed by atoms with Gasteiger partial charge in [-0.1, -0.05) is 12.8 Å². The zero-order valence-electron chi connectivity index (χ0n) is 7.21. The van der Waals surface area contributed by atoms with Crippen LogP contribution in [-0.2, 0) is 0 Å². The van der Waals surface area contributed by atoms with E-state index in [1.807, 2.05) is 6.07 Å². The van der Waals surface area contributed by atoms with Gasteiger partial charge in [0.05, 0.1) is 6.20 Å². The van der Waals surface area contributed by atoms with Crippen molar-refractivity contribution in [1.29, 1.82) is 0 Å². The minimum absolute atomic E-state index is 0.883. The van der Waals surface area contributed by atoms with E-state index in [0.29, 0.717) is 0 Å². The summed E-state index contributed by atoms with van der Waals surface area (Å²) < 4.78 is 0. The number of anilines is 1. The lowest BCUT2D eigenvalue weighted by molar-refractivity contribution is 0.579. The van der Waals surface area contributed by atoms with E-state index >= 15 is 0 Å². The third kappa shape index (κ3) is 1.78. The van der Waals surface area contributed by atoms with Crippen LogP contribution in [0.5, 0.6) is 0 Å². The van der Waals surface area contributed by atoms with Crippen molar-refractivity contribution in [3.8, 4) is 0 Å². The topological polar surface area (TPSA) is 40.7 Å². The maximum Gasteiger partial charge on any atom is 0.121 e. The number of aromatic amines is 1. The van der Waals surface area contributed by atoms with Crippen LogP contribution in [0, 0.1) is 5.92 Å². The zero-order chi connectivity index (χ0) is 8.23. The van der Waals surface area contributed by atoms with E-state index in [9.17, 15) is 0 Å². The normalized spacial score (nSPS) is 18.3. The van der Waals surface area contributed by atoms with E-state index in [-0.39, 0.29) is 0 Å². The Balaban J connectivity index is 1.74. The van der Waals surface area contributed by atoms with Crippen LogP contribution in [-0.4, -0.2) is 16.7 Å². The molecular formula is C9H15N3. The number of H-pyrrole nitrogens is 1. The number of hydrogen-bond donors (Lipinski definition) is 2. The molecule has 3 nitrogen and oxygen atoms in total. The second kappa shape index (κ2) is 3.61. The van der Waals surface area contributed by atoms with Crippen LogP contribution in [0.15, 0.2) is 12.3 Å². The molecule has 0 aliphatic heterocycles. The van der Waals surface area contributed by atoms with Gasteiger partial charge in [-0.25, -0.2) is 0 Å². The zero-order valence-corrected chi connectivity index (χ0v) is 7.21. The Morgan fingerprint density at radius 3 is 3.00 bits per heavy atom. The second-order valence-corrected chi connectivity index (χ2v) is 3.50. The second-order valence-electron chi connectivity index (χ2n) is 3.50. The molecule has 1 saturated carbocycles. The molecule has 1 heterocycles. The number of nitrogens with one attached hydrogen (secondary N) is 2. The fourth-order valence-corrected chi connectivity index (χ4v) is 1.82. The summed E-state index contributed by atoms with van der Waals surface area (Å²) in [5.74, 6) is 1.93. The van der Waals surface area contributed by atoms with Gasteiger partial charge in [-0.3, -0.25) is 5.10 Å². The van der Waals surface area contributed by atoms with Crippen LogP contribution >= 0.6 is 0 Å². The number of aromatic nitrogens is 2. The van der Waals surface area contributed by atoms with E-state index in [2.05, 4.69) is 15.5 Å². The first-order chi connectivity index (χ1) is 5.95. The molecular weight excluding hydrogens is 150 g/mol. The molecule has 1 aliphatic carbocycles. The van der Waals surface area contributed by atoms with E-state index < -0.39 is 0 Å². The Morgan fingerprint density at radius 2 is 2.33 bits per heavy atom. The van der Waals surface area contributed by atoms with Crippen LogP contribution < -0.4 is 5.32 Å². The Bertz CT molecular complexity index is 212. The predicted molar refractivity (Wildman–Crippen MR) is 49.0 cm³/mol. The molecule has 66 valence electrons. The minimum atomic E-state index is 0.883. The molecule has 2 rings (SSSR count). The number of nitrogens with zero attached hydrogens (tertiary/aromatic N) is 1. The summed E-state index contributed by atoms with van der Waals surface area (Å²) in [4.78, 5) is 0. The molecule has 0 spiro atoms.